The Bertz CT molecular complexity index is 939. The first kappa shape index (κ1) is 35.0. The molecule has 1 fully saturated rings. The van der Waals surface area contributed by atoms with Crippen molar-refractivity contribution in [3.8, 4) is 11.8 Å². The number of nitrogens with one attached hydrogen (secondary N) is 1. The summed E-state index contributed by atoms with van der Waals surface area (Å²) in [5, 5.41) is 26.8. The topological polar surface area (TPSA) is 121 Å². The van der Waals surface area contributed by atoms with Crippen molar-refractivity contribution in [1.82, 2.24) is 9.99 Å². The lowest BCUT2D eigenvalue weighted by molar-refractivity contribution is -0.137. The highest BCUT2D eigenvalue weighted by Gasteiger charge is 2.44. The Morgan fingerprint density at radius 3 is 1.78 bits per heavy atom. The van der Waals surface area contributed by atoms with E-state index in [9.17, 15) is 19.8 Å². The number of aromatic nitrogens is 1. The van der Waals surface area contributed by atoms with Crippen molar-refractivity contribution in [2.75, 3.05) is 5.01 Å². The summed E-state index contributed by atoms with van der Waals surface area (Å²) in [4.78, 5) is 25.1. The van der Waals surface area contributed by atoms with Crippen molar-refractivity contribution < 1.29 is 19.8 Å². The van der Waals surface area contributed by atoms with E-state index in [1.54, 1.807) is 0 Å². The smallest absolute Gasteiger partial charge is 0.330 e. The molecular formula is C33H60N4O4. The second-order valence-corrected chi connectivity index (χ2v) is 13.8. The van der Waals surface area contributed by atoms with E-state index in [1.165, 1.54) is 88.1 Å². The van der Waals surface area contributed by atoms with Crippen molar-refractivity contribution in [1.29, 1.82) is 0 Å². The van der Waals surface area contributed by atoms with Gasteiger partial charge in [-0.25, -0.2) is 5.01 Å². The fraction of sp³-hybridized carbons (Fsp3) is 0.818. The van der Waals surface area contributed by atoms with E-state index in [-0.39, 0.29) is 28.8 Å². The molecule has 2 heterocycles. The molecule has 1 unspecified atom stereocenters. The average Bonchev–Trinajstić information content (AvgIpc) is 3.16. The van der Waals surface area contributed by atoms with Crippen LogP contribution in [0.1, 0.15) is 162 Å². The van der Waals surface area contributed by atoms with E-state index < -0.39 is 17.9 Å². The van der Waals surface area contributed by atoms with Crippen LogP contribution in [0.3, 0.4) is 0 Å². The lowest BCUT2D eigenvalue weighted by Gasteiger charge is -2.49. The molecule has 1 saturated heterocycles. The van der Waals surface area contributed by atoms with Crippen molar-refractivity contribution in [2.45, 2.75) is 174 Å². The average molecular weight is 577 g/mol. The summed E-state index contributed by atoms with van der Waals surface area (Å²) in [6, 6.07) is 1.07. The van der Waals surface area contributed by atoms with Gasteiger partial charge >= 0.3 is 11.8 Å². The molecule has 8 heteroatoms. The Labute approximate surface area is 249 Å². The molecule has 0 radical (unpaired) electrons. The molecule has 8 nitrogen and oxygen atoms in total. The van der Waals surface area contributed by atoms with Crippen LogP contribution in [-0.2, 0) is 9.59 Å². The number of aromatic hydroxyl groups is 2. The molecule has 1 aliphatic rings. The molecule has 0 saturated carbocycles. The number of nitrogens with two attached hydrogens (primary N) is 1. The third kappa shape index (κ3) is 11.2. The summed E-state index contributed by atoms with van der Waals surface area (Å²) >= 11 is 0. The van der Waals surface area contributed by atoms with Gasteiger partial charge in [-0.1, -0.05) is 104 Å². The summed E-state index contributed by atoms with van der Waals surface area (Å²) in [5.41, 5.74) is 5.35. The van der Waals surface area contributed by atoms with Gasteiger partial charge in [0.25, 0.3) is 0 Å². The normalized spacial score (nSPS) is 17.4. The summed E-state index contributed by atoms with van der Waals surface area (Å²) in [6.07, 6.45) is 20.2. The zero-order valence-corrected chi connectivity index (χ0v) is 26.9. The van der Waals surface area contributed by atoms with Crippen LogP contribution in [0.2, 0.25) is 0 Å². The molecule has 5 N–H and O–H groups in total. The van der Waals surface area contributed by atoms with Gasteiger partial charge in [0.15, 0.2) is 0 Å². The highest BCUT2D eigenvalue weighted by atomic mass is 16.3. The van der Waals surface area contributed by atoms with Crippen molar-refractivity contribution in [3.63, 3.8) is 0 Å². The van der Waals surface area contributed by atoms with Crippen LogP contribution in [0, 0.1) is 0 Å². The van der Waals surface area contributed by atoms with E-state index in [0.717, 1.165) is 23.9 Å². The molecule has 2 rings (SSSR count). The van der Waals surface area contributed by atoms with Gasteiger partial charge in [0.1, 0.15) is 0 Å². The van der Waals surface area contributed by atoms with Gasteiger partial charge in [-0.3, -0.25) is 9.59 Å². The number of carbonyl (C=O) groups is 2. The van der Waals surface area contributed by atoms with Crippen molar-refractivity contribution >= 4 is 11.8 Å². The van der Waals surface area contributed by atoms with Crippen LogP contribution >= 0.6 is 0 Å². The molecule has 2 amide bonds. The van der Waals surface area contributed by atoms with Gasteiger partial charge in [-0.2, -0.15) is 4.68 Å². The molecular weight excluding hydrogens is 516 g/mol. The molecule has 0 spiro atoms. The first-order chi connectivity index (χ1) is 19.3. The van der Waals surface area contributed by atoms with Gasteiger partial charge in [0.05, 0.1) is 6.04 Å². The number of rotatable bonds is 18. The predicted molar refractivity (Wildman–Crippen MR) is 168 cm³/mol. The van der Waals surface area contributed by atoms with E-state index in [4.69, 9.17) is 5.73 Å². The molecule has 1 aromatic heterocycles. The first-order valence-electron chi connectivity index (χ1n) is 16.4. The lowest BCUT2D eigenvalue weighted by Crippen LogP contribution is -2.65. The van der Waals surface area contributed by atoms with Gasteiger partial charge in [0, 0.05) is 22.7 Å². The van der Waals surface area contributed by atoms with Crippen LogP contribution < -0.4 is 16.1 Å². The minimum Gasteiger partial charge on any atom is -0.493 e. The number of piperidine rings is 1. The molecule has 0 bridgehead atoms. The highest BCUT2D eigenvalue weighted by Crippen LogP contribution is 2.39. The Kier molecular flexibility index (Phi) is 14.0. The number of nitrogens with zero attached hydrogens (tertiary/aromatic N) is 2. The van der Waals surface area contributed by atoms with Crippen LogP contribution in [-0.4, -0.2) is 43.8 Å². The van der Waals surface area contributed by atoms with Crippen LogP contribution in [0.5, 0.6) is 11.8 Å². The zero-order chi connectivity index (χ0) is 30.6. The van der Waals surface area contributed by atoms with Crippen molar-refractivity contribution in [2.24, 2.45) is 5.73 Å². The largest absolute Gasteiger partial charge is 0.493 e. The number of carbonyl (C=O) groups excluding carboxylic acids is 2. The maximum atomic E-state index is 13.1. The monoisotopic (exact) mass is 576 g/mol. The maximum absolute atomic E-state index is 13.1. The quantitative estimate of drug-likeness (QED) is 0.109. The first-order valence-corrected chi connectivity index (χ1v) is 16.4. The second-order valence-electron chi connectivity index (χ2n) is 13.8. The van der Waals surface area contributed by atoms with E-state index >= 15 is 0 Å². The third-order valence-corrected chi connectivity index (χ3v) is 8.63. The van der Waals surface area contributed by atoms with E-state index in [1.807, 2.05) is 34.6 Å². The number of hydrogen-bond acceptors (Lipinski definition) is 5. The fourth-order valence-electron chi connectivity index (χ4n) is 6.85. The van der Waals surface area contributed by atoms with Crippen LogP contribution in [0.25, 0.3) is 0 Å². The number of amides is 2. The van der Waals surface area contributed by atoms with Crippen LogP contribution in [0.4, 0.5) is 0 Å². The van der Waals surface area contributed by atoms with Crippen molar-refractivity contribution in [3.05, 3.63) is 11.6 Å². The molecule has 1 atom stereocenters. The number of unbranched alkanes of at least 4 members (excludes halogenated alkanes) is 13. The Morgan fingerprint density at radius 1 is 0.902 bits per heavy atom. The minimum absolute atomic E-state index is 0.00842. The zero-order valence-electron chi connectivity index (χ0n) is 26.9. The second kappa shape index (κ2) is 16.4. The summed E-state index contributed by atoms with van der Waals surface area (Å²) in [7, 11) is 0. The van der Waals surface area contributed by atoms with Gasteiger partial charge in [0.2, 0.25) is 11.8 Å². The summed E-state index contributed by atoms with van der Waals surface area (Å²) in [6.45, 7) is 12.4. The molecule has 236 valence electrons. The Hall–Kier alpha value is -2.22. The number of hydrogen-bond donors (Lipinski definition) is 4. The van der Waals surface area contributed by atoms with Gasteiger partial charge in [-0.15, -0.1) is 0 Å². The SMILES string of the molecule is CCCCCCCCCCCCCCCCC(C)c1cc(O)n(N(C(=O)C(N)=O)C2CC(C)(C)NC(C)(C)C2)c1O. The molecule has 0 aromatic carbocycles. The molecule has 41 heavy (non-hydrogen) atoms. The predicted octanol–water partition coefficient (Wildman–Crippen LogP) is 7.13. The highest BCUT2D eigenvalue weighted by molar-refractivity contribution is 6.38. The Morgan fingerprint density at radius 2 is 1.34 bits per heavy atom. The van der Waals surface area contributed by atoms with Gasteiger partial charge < -0.3 is 21.3 Å². The lowest BCUT2D eigenvalue weighted by atomic mass is 9.79. The summed E-state index contributed by atoms with van der Waals surface area (Å²) in [5.74, 6) is -2.55. The van der Waals surface area contributed by atoms with E-state index in [0.29, 0.717) is 18.4 Å². The fourth-order valence-corrected chi connectivity index (χ4v) is 6.85. The third-order valence-electron chi connectivity index (χ3n) is 8.63. The van der Waals surface area contributed by atoms with Crippen LogP contribution in [0.15, 0.2) is 6.07 Å². The van der Waals surface area contributed by atoms with Gasteiger partial charge in [-0.05, 0) is 52.9 Å². The standard InChI is InChI=1S/C33H60N4O4/c1-7-8-9-10-11-12-13-14-15-16-17-18-19-20-21-25(2)27-22-28(38)37(30(27)40)36(31(41)29(34)39)26-23-32(3,4)35-33(5,6)24-26/h22,25-26,35,38,40H,7-21,23-24H2,1-6H3,(H2,34,39). The maximum Gasteiger partial charge on any atom is 0.330 e. The summed E-state index contributed by atoms with van der Waals surface area (Å²) < 4.78 is 1.09. The molecule has 1 aliphatic heterocycles. The molecule has 1 aromatic rings. The Balaban J connectivity index is 1.88. The molecule has 0 aliphatic carbocycles. The van der Waals surface area contributed by atoms with E-state index in [2.05, 4.69) is 12.2 Å². The minimum atomic E-state index is -1.12. The number of primary amides is 1.